The quantitative estimate of drug-likeness (QED) is 0.701. The molecule has 4 heteroatoms. The number of carbonyl (C=O) groups is 1. The molecule has 0 N–H and O–H groups in total. The Morgan fingerprint density at radius 2 is 2.06 bits per heavy atom. The van der Waals surface area contributed by atoms with Gasteiger partial charge in [0, 0.05) is 19.4 Å². The predicted octanol–water partition coefficient (Wildman–Crippen LogP) is 2.81. The van der Waals surface area contributed by atoms with Gasteiger partial charge in [0.2, 0.25) is 0 Å². The fourth-order valence-electron chi connectivity index (χ4n) is 2.29. The number of nitrogens with zero attached hydrogens (tertiary/aromatic N) is 2. The van der Waals surface area contributed by atoms with E-state index in [-0.39, 0.29) is 11.8 Å². The monoisotopic (exact) mass is 252 g/mol. The van der Waals surface area contributed by atoms with E-state index >= 15 is 0 Å². The second-order valence-electron chi connectivity index (χ2n) is 4.61. The van der Waals surface area contributed by atoms with Crippen LogP contribution in [0.3, 0.4) is 0 Å². The SMILES string of the molecule is CCc1nn(C(C)CCOC)c(CC)c1C(C)=O. The number of methoxy groups -OCH3 is 1. The highest BCUT2D eigenvalue weighted by atomic mass is 16.5. The molecule has 0 bridgehead atoms. The first-order valence-electron chi connectivity index (χ1n) is 6.66. The van der Waals surface area contributed by atoms with Crippen LogP contribution in [-0.2, 0) is 17.6 Å². The van der Waals surface area contributed by atoms with E-state index in [1.807, 2.05) is 11.6 Å². The lowest BCUT2D eigenvalue weighted by Crippen LogP contribution is -2.13. The Kier molecular flexibility index (Phi) is 5.54. The van der Waals surface area contributed by atoms with E-state index in [0.29, 0.717) is 6.61 Å². The van der Waals surface area contributed by atoms with E-state index in [2.05, 4.69) is 18.9 Å². The van der Waals surface area contributed by atoms with Gasteiger partial charge in [0.05, 0.1) is 17.3 Å². The molecule has 1 rings (SSSR count). The van der Waals surface area contributed by atoms with Crippen LogP contribution in [0.4, 0.5) is 0 Å². The molecule has 0 spiro atoms. The van der Waals surface area contributed by atoms with Crippen LogP contribution in [-0.4, -0.2) is 29.3 Å². The van der Waals surface area contributed by atoms with Crippen LogP contribution < -0.4 is 0 Å². The lowest BCUT2D eigenvalue weighted by Gasteiger charge is -2.15. The van der Waals surface area contributed by atoms with Gasteiger partial charge in [-0.1, -0.05) is 13.8 Å². The fourth-order valence-corrected chi connectivity index (χ4v) is 2.29. The molecule has 102 valence electrons. The first-order valence-corrected chi connectivity index (χ1v) is 6.66. The second-order valence-corrected chi connectivity index (χ2v) is 4.61. The number of ether oxygens (including phenoxy) is 1. The number of hydrogen-bond acceptors (Lipinski definition) is 3. The molecule has 1 atom stereocenters. The summed E-state index contributed by atoms with van der Waals surface area (Å²) in [6.45, 7) is 8.57. The molecule has 0 saturated carbocycles. The van der Waals surface area contributed by atoms with Crippen molar-refractivity contribution in [2.24, 2.45) is 0 Å². The molecule has 1 aromatic heterocycles. The molecule has 0 radical (unpaired) electrons. The van der Waals surface area contributed by atoms with Crippen molar-refractivity contribution in [2.45, 2.75) is 53.0 Å². The number of aromatic nitrogens is 2. The van der Waals surface area contributed by atoms with Crippen molar-refractivity contribution in [1.29, 1.82) is 0 Å². The van der Waals surface area contributed by atoms with Crippen molar-refractivity contribution in [3.63, 3.8) is 0 Å². The first-order chi connectivity index (χ1) is 8.56. The van der Waals surface area contributed by atoms with Gasteiger partial charge in [-0.2, -0.15) is 5.10 Å². The van der Waals surface area contributed by atoms with E-state index in [0.717, 1.165) is 36.2 Å². The van der Waals surface area contributed by atoms with E-state index < -0.39 is 0 Å². The molecule has 1 unspecified atom stereocenters. The zero-order chi connectivity index (χ0) is 13.7. The van der Waals surface area contributed by atoms with E-state index in [4.69, 9.17) is 4.74 Å². The Balaban J connectivity index is 3.15. The van der Waals surface area contributed by atoms with E-state index in [9.17, 15) is 4.79 Å². The Morgan fingerprint density at radius 3 is 2.50 bits per heavy atom. The summed E-state index contributed by atoms with van der Waals surface area (Å²) in [7, 11) is 1.70. The molecule has 0 saturated heterocycles. The van der Waals surface area contributed by atoms with Crippen LogP contribution in [0.25, 0.3) is 0 Å². The number of Topliss-reactive ketones (excluding diaryl/α,β-unsaturated/α-hetero) is 1. The minimum absolute atomic E-state index is 0.119. The van der Waals surface area contributed by atoms with E-state index in [1.54, 1.807) is 14.0 Å². The summed E-state index contributed by atoms with van der Waals surface area (Å²) in [4.78, 5) is 11.8. The minimum atomic E-state index is 0.119. The molecule has 1 aromatic rings. The van der Waals surface area contributed by atoms with Crippen LogP contribution in [0.2, 0.25) is 0 Å². The van der Waals surface area contributed by atoms with Crippen molar-refractivity contribution in [3.8, 4) is 0 Å². The van der Waals surface area contributed by atoms with Crippen LogP contribution in [0, 0.1) is 0 Å². The lowest BCUT2D eigenvalue weighted by atomic mass is 10.1. The second kappa shape index (κ2) is 6.69. The van der Waals surface area contributed by atoms with E-state index in [1.165, 1.54) is 0 Å². The molecule has 1 heterocycles. The number of hydrogen-bond donors (Lipinski definition) is 0. The third kappa shape index (κ3) is 2.99. The van der Waals surface area contributed by atoms with Gasteiger partial charge in [-0.3, -0.25) is 9.48 Å². The molecule has 18 heavy (non-hydrogen) atoms. The normalized spacial score (nSPS) is 12.7. The molecule has 0 aliphatic heterocycles. The van der Waals surface area contributed by atoms with Crippen LogP contribution in [0.1, 0.15) is 61.9 Å². The minimum Gasteiger partial charge on any atom is -0.385 e. The largest absolute Gasteiger partial charge is 0.385 e. The van der Waals surface area contributed by atoms with Gasteiger partial charge in [0.25, 0.3) is 0 Å². The van der Waals surface area contributed by atoms with Crippen molar-refractivity contribution in [3.05, 3.63) is 17.0 Å². The third-order valence-electron chi connectivity index (χ3n) is 3.26. The highest BCUT2D eigenvalue weighted by Crippen LogP contribution is 2.22. The summed E-state index contributed by atoms with van der Waals surface area (Å²) in [6.07, 6.45) is 2.54. The van der Waals surface area contributed by atoms with Crippen molar-refractivity contribution in [1.82, 2.24) is 9.78 Å². The smallest absolute Gasteiger partial charge is 0.163 e. The van der Waals surface area contributed by atoms with Crippen molar-refractivity contribution >= 4 is 5.78 Å². The summed E-state index contributed by atoms with van der Waals surface area (Å²) in [5.74, 6) is 0.119. The van der Waals surface area contributed by atoms with Gasteiger partial charge >= 0.3 is 0 Å². The lowest BCUT2D eigenvalue weighted by molar-refractivity contribution is 0.101. The first kappa shape index (κ1) is 14.9. The van der Waals surface area contributed by atoms with Gasteiger partial charge in [0.15, 0.2) is 5.78 Å². The maximum Gasteiger partial charge on any atom is 0.163 e. The van der Waals surface area contributed by atoms with Gasteiger partial charge in [-0.25, -0.2) is 0 Å². The molecular weight excluding hydrogens is 228 g/mol. The molecule has 0 aliphatic carbocycles. The molecular formula is C14H24N2O2. The van der Waals surface area contributed by atoms with Crippen molar-refractivity contribution < 1.29 is 9.53 Å². The van der Waals surface area contributed by atoms with Gasteiger partial charge < -0.3 is 4.74 Å². The molecule has 0 fully saturated rings. The maximum atomic E-state index is 11.8. The summed E-state index contributed by atoms with van der Waals surface area (Å²) >= 11 is 0. The third-order valence-corrected chi connectivity index (χ3v) is 3.26. The van der Waals surface area contributed by atoms with Crippen LogP contribution in [0.15, 0.2) is 0 Å². The van der Waals surface area contributed by atoms with Gasteiger partial charge in [-0.15, -0.1) is 0 Å². The highest BCUT2D eigenvalue weighted by molar-refractivity contribution is 5.96. The molecule has 0 amide bonds. The zero-order valence-electron chi connectivity index (χ0n) is 12.1. The molecule has 0 aliphatic rings. The Bertz CT molecular complexity index is 410. The maximum absolute atomic E-state index is 11.8. The predicted molar refractivity (Wildman–Crippen MR) is 72.2 cm³/mol. The average molecular weight is 252 g/mol. The topological polar surface area (TPSA) is 44.1 Å². The van der Waals surface area contributed by atoms with Crippen molar-refractivity contribution in [2.75, 3.05) is 13.7 Å². The Hall–Kier alpha value is -1.16. The Morgan fingerprint density at radius 1 is 1.39 bits per heavy atom. The number of rotatable bonds is 7. The summed E-state index contributed by atoms with van der Waals surface area (Å²) in [5, 5.41) is 4.61. The summed E-state index contributed by atoms with van der Waals surface area (Å²) in [6, 6.07) is 0.262. The fraction of sp³-hybridized carbons (Fsp3) is 0.714. The van der Waals surface area contributed by atoms with Gasteiger partial charge in [0.1, 0.15) is 0 Å². The zero-order valence-corrected chi connectivity index (χ0v) is 12.1. The molecule has 0 aromatic carbocycles. The number of aryl methyl sites for hydroxylation is 1. The number of ketones is 1. The summed E-state index contributed by atoms with van der Waals surface area (Å²) < 4.78 is 7.12. The Labute approximate surface area is 109 Å². The average Bonchev–Trinajstić information content (AvgIpc) is 2.74. The number of carbonyl (C=O) groups excluding carboxylic acids is 1. The van der Waals surface area contributed by atoms with Gasteiger partial charge in [-0.05, 0) is 33.1 Å². The van der Waals surface area contributed by atoms with Crippen LogP contribution >= 0.6 is 0 Å². The van der Waals surface area contributed by atoms with Crippen LogP contribution in [0.5, 0.6) is 0 Å². The highest BCUT2D eigenvalue weighted by Gasteiger charge is 2.21. The summed E-state index contributed by atoms with van der Waals surface area (Å²) in [5.41, 5.74) is 2.80. The molecule has 4 nitrogen and oxygen atoms in total. The standard InChI is InChI=1S/C14H24N2O2/c1-6-12-14(11(4)17)13(7-2)16(15-12)10(3)8-9-18-5/h10H,6-9H2,1-5H3.